The number of nitrogens with one attached hydrogen (secondary N) is 4. The van der Waals surface area contributed by atoms with Gasteiger partial charge in [0.25, 0.3) is 6.47 Å². The summed E-state index contributed by atoms with van der Waals surface area (Å²) >= 11 is 0. The Morgan fingerprint density at radius 1 is 0.349 bits per heavy atom. The quantitative estimate of drug-likeness (QED) is 0.0205. The summed E-state index contributed by atoms with van der Waals surface area (Å²) in [7, 11) is 0. The summed E-state index contributed by atoms with van der Waals surface area (Å²) in [5, 5.41) is 312. The van der Waals surface area contributed by atoms with Crippen molar-refractivity contribution in [1.29, 1.82) is 0 Å². The smallest absolute Gasteiger partial charge is 0.332 e. The minimum absolute atomic E-state index is 0.192. The minimum Gasteiger partial charge on any atom is -0.410 e. The standard InChI is InChI=1S/C73H122N4O52/c1-19-25(91)7-73(112-18-86,129-57(19)40(93)26(92)8-78)111-17-35-44(97)51(104)55(108)69(121-35)124-60-32(14-84)118-66(38(48(60)101)76-23(5)89)127-63-52(105)42(95)28(10-80)115-71(63)110-16-34-45(98)62(56(109)70(120-34)125-61-33(15-85)117-65(37(47(61)100)75-22(4)88)122-58-30(12-82)113-20(2)36(46(58)99)74-21(3)87)126-72-64(53(106)43(96)29(11-81)116-72)128-67-39(77-24(6)90)49(102)59(31(13-83)119-67)123-68-54(107)50(103)41(94)27(9-79)114-68/h18-20,25-72,78-85,91-109H,7-17H2,1-6H3,(H,74,87)(H,75,88)(H,76,89)(H,77,90)/t19-,20+,25?,26-,27?,28?,29?,30?,31?,32+,33?,34?,35?,36?,37?,38?,39?,40?,41+,42-,43-,44+,45-,46-,47-,48?,49-,50+,51+,52+,53?,54?,55?,56?,57?,58-,59-,60-,61-,62+,63?,64?,65+,66?,67+,68+,69+,70+,71+,72-,73+/m1/s1. The van der Waals surface area contributed by atoms with Crippen molar-refractivity contribution < 1.29 is 257 Å². The molecule has 51 atom stereocenters. The normalized spacial score (nSPS) is 48.1. The van der Waals surface area contributed by atoms with Gasteiger partial charge in [-0.1, -0.05) is 6.92 Å². The van der Waals surface area contributed by atoms with E-state index < -0.39 is 408 Å². The van der Waals surface area contributed by atoms with E-state index in [-0.39, 0.29) is 6.47 Å². The van der Waals surface area contributed by atoms with Gasteiger partial charge in [0, 0.05) is 33.6 Å². The van der Waals surface area contributed by atoms with E-state index in [0.717, 1.165) is 27.7 Å². The van der Waals surface area contributed by atoms with Gasteiger partial charge in [-0.3, -0.25) is 24.0 Å². The van der Waals surface area contributed by atoms with Gasteiger partial charge in [-0.05, 0) is 6.92 Å². The van der Waals surface area contributed by atoms with Crippen molar-refractivity contribution in [1.82, 2.24) is 21.3 Å². The lowest BCUT2D eigenvalue weighted by atomic mass is 9.87. The van der Waals surface area contributed by atoms with Gasteiger partial charge in [0.2, 0.25) is 23.6 Å². The molecule has 10 rings (SSSR count). The Hall–Kier alpha value is -4.49. The highest BCUT2D eigenvalue weighted by Gasteiger charge is 2.62. The van der Waals surface area contributed by atoms with Crippen LogP contribution in [-0.4, -0.2) is 540 Å². The molecule has 10 aliphatic heterocycles. The lowest BCUT2D eigenvalue weighted by Gasteiger charge is -2.51. The highest BCUT2D eigenvalue weighted by Crippen LogP contribution is 2.43. The van der Waals surface area contributed by atoms with Crippen LogP contribution in [0.15, 0.2) is 0 Å². The Morgan fingerprint density at radius 2 is 0.667 bits per heavy atom. The molecule has 10 saturated heterocycles. The summed E-state index contributed by atoms with van der Waals surface area (Å²) < 4.78 is 119. The average molecular weight is 1890 g/mol. The summed E-state index contributed by atoms with van der Waals surface area (Å²) in [6, 6.07) is -7.13. The average Bonchev–Trinajstić information content (AvgIpc) is 0.760. The Balaban J connectivity index is 0.954. The molecular formula is C73H122N4O52. The molecule has 10 aliphatic rings. The molecular weight excluding hydrogens is 1760 g/mol. The fourth-order valence-electron chi connectivity index (χ4n) is 16.9. The zero-order valence-corrected chi connectivity index (χ0v) is 70.0. The van der Waals surface area contributed by atoms with E-state index >= 15 is 0 Å². The third-order valence-corrected chi connectivity index (χ3v) is 24.0. The molecule has 0 aliphatic carbocycles. The molecule has 0 saturated carbocycles. The summed E-state index contributed by atoms with van der Waals surface area (Å²) in [4.78, 5) is 63.5. The number of ether oxygens (including phenoxy) is 20. The van der Waals surface area contributed by atoms with E-state index in [9.17, 15) is 162 Å². The van der Waals surface area contributed by atoms with Crippen molar-refractivity contribution in [2.75, 3.05) is 66.1 Å². The number of carbonyl (C=O) groups excluding carboxylic acids is 5. The number of hydrogen-bond donors (Lipinski definition) is 31. The fraction of sp³-hybridized carbons (Fsp3) is 0.932. The molecule has 56 nitrogen and oxygen atoms in total. The van der Waals surface area contributed by atoms with Crippen LogP contribution >= 0.6 is 0 Å². The molecule has 0 aromatic carbocycles. The van der Waals surface area contributed by atoms with Crippen LogP contribution in [0.25, 0.3) is 0 Å². The lowest BCUT2D eigenvalue weighted by Crippen LogP contribution is -2.71. The van der Waals surface area contributed by atoms with Crippen LogP contribution in [0.2, 0.25) is 0 Å². The lowest BCUT2D eigenvalue weighted by molar-refractivity contribution is -0.424. The SMILES string of the molecule is CC(=O)NC1C(OC2[C@@H](OCC3O[C@@H](O[C@@H]4C(CO)O[C@@H](O[C@@H]5C(CO)O[C@@H](C)C(NC(C)=O)[C@H]5O)C(NC(C)=O)[C@H]4O)C(O)[C@@H](O[C@H]4OC(CO)[C@@H](O)C(O)C4O[C@@H]4OC(CO)[C@@H](O[C@@H]5OC(CO)[C@H](O)[C@H](O)C5O)[C@H](O)C4NC(C)=O)[C@@H]3O)OC(CO)[C@@H](O)[C@@H]2O)O[C@@H](CO)[C@@H](O[C@@H]2OC(CO[C@]3(OC=O)CC(O)[C@@H](C)C(C(O)[C@H](O)CO)O3)[C@H](O)[C@H](O)C2O)C1O. The number of aliphatic hydroxyl groups is 27. The monoisotopic (exact) mass is 1890 g/mol. The molecule has 0 bridgehead atoms. The first-order valence-electron chi connectivity index (χ1n) is 41.4. The second-order valence-corrected chi connectivity index (χ2v) is 33.0. The molecule has 129 heavy (non-hydrogen) atoms. The first kappa shape index (κ1) is 107. The first-order chi connectivity index (χ1) is 61.0. The van der Waals surface area contributed by atoms with E-state index in [4.69, 9.17) is 94.7 Å². The van der Waals surface area contributed by atoms with Crippen molar-refractivity contribution in [2.45, 2.75) is 354 Å². The fourth-order valence-corrected chi connectivity index (χ4v) is 16.9. The Labute approximate surface area is 732 Å². The largest absolute Gasteiger partial charge is 0.410 e. The maximum atomic E-state index is 13.2. The van der Waals surface area contributed by atoms with Crippen molar-refractivity contribution in [3.8, 4) is 0 Å². The number of hydrogen-bond acceptors (Lipinski definition) is 52. The second-order valence-electron chi connectivity index (χ2n) is 33.0. The van der Waals surface area contributed by atoms with Crippen LogP contribution in [0.5, 0.6) is 0 Å². The van der Waals surface area contributed by atoms with Crippen LogP contribution in [0.1, 0.15) is 48.0 Å². The Bertz CT molecular complexity index is 3520. The highest BCUT2D eigenvalue weighted by molar-refractivity contribution is 5.74. The van der Waals surface area contributed by atoms with Crippen LogP contribution in [0.3, 0.4) is 0 Å². The predicted octanol–water partition coefficient (Wildman–Crippen LogP) is -20.6. The van der Waals surface area contributed by atoms with Gasteiger partial charge in [0.05, 0.1) is 96.8 Å². The molecule has 746 valence electrons. The zero-order valence-electron chi connectivity index (χ0n) is 70.0. The van der Waals surface area contributed by atoms with Crippen molar-refractivity contribution in [3.05, 3.63) is 0 Å². The third-order valence-electron chi connectivity index (χ3n) is 24.0. The van der Waals surface area contributed by atoms with E-state index in [2.05, 4.69) is 21.3 Å². The topological polar surface area (TPSA) is 864 Å². The van der Waals surface area contributed by atoms with Gasteiger partial charge in [-0.25, -0.2) is 0 Å². The van der Waals surface area contributed by atoms with Gasteiger partial charge >= 0.3 is 5.97 Å². The zero-order chi connectivity index (χ0) is 95.1. The molecule has 56 heteroatoms. The van der Waals surface area contributed by atoms with Gasteiger partial charge in [0.15, 0.2) is 50.3 Å². The van der Waals surface area contributed by atoms with E-state index in [1.165, 1.54) is 13.8 Å². The minimum atomic E-state index is -2.66. The number of amides is 4. The molecule has 0 radical (unpaired) electrons. The van der Waals surface area contributed by atoms with Crippen molar-refractivity contribution >= 4 is 30.1 Å². The van der Waals surface area contributed by atoms with Gasteiger partial charge in [-0.2, -0.15) is 0 Å². The highest BCUT2D eigenvalue weighted by atomic mass is 16.9. The third kappa shape index (κ3) is 23.9. The molecule has 10 fully saturated rings. The molecule has 10 heterocycles. The van der Waals surface area contributed by atoms with Crippen LogP contribution in [0.4, 0.5) is 0 Å². The summed E-state index contributed by atoms with van der Waals surface area (Å²) in [5.74, 6) is -7.25. The van der Waals surface area contributed by atoms with Crippen molar-refractivity contribution in [3.63, 3.8) is 0 Å². The number of rotatable bonds is 36. The van der Waals surface area contributed by atoms with Gasteiger partial charge in [0.1, 0.15) is 226 Å². The Kier molecular flexibility index (Phi) is 38.5. The van der Waals surface area contributed by atoms with E-state index in [1.54, 1.807) is 0 Å². The van der Waals surface area contributed by atoms with Crippen LogP contribution in [-0.2, 0) is 119 Å². The van der Waals surface area contributed by atoms with Crippen molar-refractivity contribution in [2.24, 2.45) is 5.92 Å². The number of aliphatic hydroxyl groups excluding tert-OH is 27. The van der Waals surface area contributed by atoms with E-state index in [0.29, 0.717) is 0 Å². The van der Waals surface area contributed by atoms with Crippen LogP contribution < -0.4 is 21.3 Å². The first-order valence-corrected chi connectivity index (χ1v) is 41.4. The summed E-state index contributed by atoms with van der Waals surface area (Å²) in [6.45, 7) is -4.52. The molecule has 4 amide bonds. The van der Waals surface area contributed by atoms with E-state index in [1.807, 2.05) is 0 Å². The maximum Gasteiger partial charge on any atom is 0.332 e. The predicted molar refractivity (Wildman–Crippen MR) is 399 cm³/mol. The van der Waals surface area contributed by atoms with Crippen LogP contribution in [0, 0.1) is 5.92 Å². The van der Waals surface area contributed by atoms with Gasteiger partial charge < -0.3 is 254 Å². The number of carbonyl (C=O) groups is 5. The van der Waals surface area contributed by atoms with Gasteiger partial charge in [-0.15, -0.1) is 0 Å². The molecule has 31 N–H and O–H groups in total. The molecule has 0 aromatic heterocycles. The molecule has 23 unspecified atom stereocenters. The Morgan fingerprint density at radius 3 is 1.07 bits per heavy atom. The summed E-state index contributed by atoms with van der Waals surface area (Å²) in [6.07, 6.45) is -93.9. The second kappa shape index (κ2) is 46.6. The molecule has 0 spiro atoms. The molecule has 0 aromatic rings. The maximum absolute atomic E-state index is 13.2. The summed E-state index contributed by atoms with van der Waals surface area (Å²) in [5.41, 5.74) is 0.